The zero-order valence-electron chi connectivity index (χ0n) is 16.2. The van der Waals surface area contributed by atoms with Gasteiger partial charge in [0, 0.05) is 18.3 Å². The van der Waals surface area contributed by atoms with Crippen LogP contribution in [-0.2, 0) is 17.8 Å². The molecule has 1 amide bonds. The number of benzene rings is 2. The van der Waals surface area contributed by atoms with E-state index in [2.05, 4.69) is 17.2 Å². The van der Waals surface area contributed by atoms with Crippen LogP contribution in [-0.4, -0.2) is 17.5 Å². The quantitative estimate of drug-likeness (QED) is 0.573. The fourth-order valence-corrected chi connectivity index (χ4v) is 2.66. The standard InChI is InChI=1S/C23H23FN2O3/c1-2-14-28-19-9-11-20(12-10-19)29-23-18(7-5-13-25-23)16-26-22(27)15-17-6-3-4-8-21(17)24/h3-13H,2,14-16H2,1H3,(H,26,27). The van der Waals surface area contributed by atoms with Crippen molar-refractivity contribution in [1.82, 2.24) is 10.3 Å². The van der Waals surface area contributed by atoms with E-state index in [0.717, 1.165) is 17.7 Å². The van der Waals surface area contributed by atoms with Crippen LogP contribution in [0.2, 0.25) is 0 Å². The molecule has 150 valence electrons. The maximum atomic E-state index is 13.7. The van der Waals surface area contributed by atoms with E-state index >= 15 is 0 Å². The molecule has 3 aromatic rings. The van der Waals surface area contributed by atoms with Gasteiger partial charge in [0.05, 0.1) is 13.0 Å². The number of ether oxygens (including phenoxy) is 2. The second-order valence-electron chi connectivity index (χ2n) is 6.43. The first-order valence-electron chi connectivity index (χ1n) is 9.50. The zero-order chi connectivity index (χ0) is 20.5. The molecule has 0 radical (unpaired) electrons. The molecule has 0 saturated carbocycles. The van der Waals surface area contributed by atoms with Crippen LogP contribution in [0.25, 0.3) is 0 Å². The highest BCUT2D eigenvalue weighted by Crippen LogP contribution is 2.25. The van der Waals surface area contributed by atoms with Crippen LogP contribution in [0.15, 0.2) is 66.9 Å². The van der Waals surface area contributed by atoms with Crippen molar-refractivity contribution in [2.45, 2.75) is 26.3 Å². The Morgan fingerprint density at radius 3 is 2.48 bits per heavy atom. The Labute approximate surface area is 169 Å². The molecule has 0 spiro atoms. The highest BCUT2D eigenvalue weighted by atomic mass is 19.1. The summed E-state index contributed by atoms with van der Waals surface area (Å²) in [4.78, 5) is 16.4. The van der Waals surface area contributed by atoms with Gasteiger partial charge in [-0.2, -0.15) is 0 Å². The summed E-state index contributed by atoms with van der Waals surface area (Å²) in [5, 5.41) is 2.79. The minimum Gasteiger partial charge on any atom is -0.494 e. The van der Waals surface area contributed by atoms with Crippen molar-refractivity contribution in [3.8, 4) is 17.4 Å². The summed E-state index contributed by atoms with van der Waals surface area (Å²) in [6.07, 6.45) is 2.54. The SMILES string of the molecule is CCCOc1ccc(Oc2ncccc2CNC(=O)Cc2ccccc2F)cc1. The van der Waals surface area contributed by atoms with Crippen LogP contribution in [0, 0.1) is 5.82 Å². The Kier molecular flexibility index (Phi) is 7.16. The molecule has 0 saturated heterocycles. The Balaban J connectivity index is 1.60. The highest BCUT2D eigenvalue weighted by molar-refractivity contribution is 5.78. The van der Waals surface area contributed by atoms with E-state index in [-0.39, 0.29) is 24.7 Å². The largest absolute Gasteiger partial charge is 0.494 e. The fourth-order valence-electron chi connectivity index (χ4n) is 2.66. The number of aromatic nitrogens is 1. The molecule has 29 heavy (non-hydrogen) atoms. The summed E-state index contributed by atoms with van der Waals surface area (Å²) in [6.45, 7) is 2.94. The van der Waals surface area contributed by atoms with Crippen molar-refractivity contribution >= 4 is 5.91 Å². The van der Waals surface area contributed by atoms with Crippen molar-refractivity contribution in [2.24, 2.45) is 0 Å². The van der Waals surface area contributed by atoms with Gasteiger partial charge in [-0.1, -0.05) is 31.2 Å². The molecule has 6 heteroatoms. The van der Waals surface area contributed by atoms with Crippen molar-refractivity contribution in [1.29, 1.82) is 0 Å². The fraction of sp³-hybridized carbons (Fsp3) is 0.217. The van der Waals surface area contributed by atoms with Gasteiger partial charge in [-0.15, -0.1) is 0 Å². The van der Waals surface area contributed by atoms with E-state index in [9.17, 15) is 9.18 Å². The molecule has 5 nitrogen and oxygen atoms in total. The number of hydrogen-bond acceptors (Lipinski definition) is 4. The first-order chi connectivity index (χ1) is 14.2. The number of nitrogens with zero attached hydrogens (tertiary/aromatic N) is 1. The number of halogens is 1. The van der Waals surface area contributed by atoms with E-state index in [1.807, 2.05) is 18.2 Å². The Morgan fingerprint density at radius 2 is 1.72 bits per heavy atom. The number of hydrogen-bond donors (Lipinski definition) is 1. The monoisotopic (exact) mass is 394 g/mol. The second-order valence-corrected chi connectivity index (χ2v) is 6.43. The molecule has 0 unspecified atom stereocenters. The molecular weight excluding hydrogens is 371 g/mol. The van der Waals surface area contributed by atoms with Gasteiger partial charge in [0.2, 0.25) is 11.8 Å². The lowest BCUT2D eigenvalue weighted by Gasteiger charge is -2.12. The van der Waals surface area contributed by atoms with Crippen LogP contribution in [0.4, 0.5) is 4.39 Å². The van der Waals surface area contributed by atoms with E-state index in [1.165, 1.54) is 6.07 Å². The van der Waals surface area contributed by atoms with Gasteiger partial charge in [-0.25, -0.2) is 9.37 Å². The molecule has 0 atom stereocenters. The van der Waals surface area contributed by atoms with Crippen molar-refractivity contribution in [2.75, 3.05) is 6.61 Å². The predicted molar refractivity (Wildman–Crippen MR) is 108 cm³/mol. The molecule has 1 aromatic heterocycles. The van der Waals surface area contributed by atoms with Crippen LogP contribution in [0.5, 0.6) is 17.4 Å². The molecule has 0 bridgehead atoms. The molecular formula is C23H23FN2O3. The summed E-state index contributed by atoms with van der Waals surface area (Å²) < 4.78 is 25.1. The van der Waals surface area contributed by atoms with Crippen LogP contribution >= 0.6 is 0 Å². The number of nitrogens with one attached hydrogen (secondary N) is 1. The first-order valence-corrected chi connectivity index (χ1v) is 9.50. The molecule has 3 rings (SSSR count). The average Bonchev–Trinajstić information content (AvgIpc) is 2.74. The lowest BCUT2D eigenvalue weighted by molar-refractivity contribution is -0.120. The Hall–Kier alpha value is -3.41. The Morgan fingerprint density at radius 1 is 1.00 bits per heavy atom. The van der Waals surface area contributed by atoms with E-state index in [0.29, 0.717) is 23.8 Å². The lowest BCUT2D eigenvalue weighted by atomic mass is 10.1. The van der Waals surface area contributed by atoms with Gasteiger partial charge in [0.15, 0.2) is 0 Å². The molecule has 1 N–H and O–H groups in total. The molecule has 0 fully saturated rings. The van der Waals surface area contributed by atoms with E-state index in [4.69, 9.17) is 9.47 Å². The van der Waals surface area contributed by atoms with Gasteiger partial charge in [0.1, 0.15) is 17.3 Å². The summed E-state index contributed by atoms with van der Waals surface area (Å²) in [5.41, 5.74) is 1.08. The highest BCUT2D eigenvalue weighted by Gasteiger charge is 2.11. The molecule has 2 aromatic carbocycles. The molecule has 0 aliphatic carbocycles. The normalized spacial score (nSPS) is 10.4. The Bertz CT molecular complexity index is 945. The van der Waals surface area contributed by atoms with Crippen molar-refractivity contribution < 1.29 is 18.7 Å². The van der Waals surface area contributed by atoms with Gasteiger partial charge < -0.3 is 14.8 Å². The summed E-state index contributed by atoms with van der Waals surface area (Å²) in [6, 6.07) is 17.1. The molecule has 1 heterocycles. The van der Waals surface area contributed by atoms with Gasteiger partial charge in [-0.3, -0.25) is 4.79 Å². The third kappa shape index (κ3) is 6.04. The van der Waals surface area contributed by atoms with Crippen LogP contribution < -0.4 is 14.8 Å². The van der Waals surface area contributed by atoms with Gasteiger partial charge >= 0.3 is 0 Å². The smallest absolute Gasteiger partial charge is 0.224 e. The maximum absolute atomic E-state index is 13.7. The third-order valence-corrected chi connectivity index (χ3v) is 4.15. The topological polar surface area (TPSA) is 60.5 Å². The van der Waals surface area contributed by atoms with Crippen LogP contribution in [0.3, 0.4) is 0 Å². The number of rotatable bonds is 9. The molecule has 0 aliphatic heterocycles. The van der Waals surface area contributed by atoms with Crippen LogP contribution in [0.1, 0.15) is 24.5 Å². The van der Waals surface area contributed by atoms with Crippen molar-refractivity contribution in [3.63, 3.8) is 0 Å². The van der Waals surface area contributed by atoms with E-state index in [1.54, 1.807) is 42.6 Å². The first kappa shape index (κ1) is 20.3. The molecule has 0 aliphatic rings. The summed E-state index contributed by atoms with van der Waals surface area (Å²) >= 11 is 0. The summed E-state index contributed by atoms with van der Waals surface area (Å²) in [5.74, 6) is 1.13. The second kappa shape index (κ2) is 10.2. The van der Waals surface area contributed by atoms with Gasteiger partial charge in [-0.05, 0) is 48.4 Å². The lowest BCUT2D eigenvalue weighted by Crippen LogP contribution is -2.25. The minimum absolute atomic E-state index is 0.0254. The summed E-state index contributed by atoms with van der Waals surface area (Å²) in [7, 11) is 0. The van der Waals surface area contributed by atoms with E-state index < -0.39 is 0 Å². The number of carbonyl (C=O) groups is 1. The number of amides is 1. The average molecular weight is 394 g/mol. The number of pyridine rings is 1. The zero-order valence-corrected chi connectivity index (χ0v) is 16.2. The maximum Gasteiger partial charge on any atom is 0.224 e. The number of carbonyl (C=O) groups excluding carboxylic acids is 1. The predicted octanol–water partition coefficient (Wildman–Crippen LogP) is 4.66. The van der Waals surface area contributed by atoms with Gasteiger partial charge in [0.25, 0.3) is 0 Å². The van der Waals surface area contributed by atoms with Crippen molar-refractivity contribution in [3.05, 3.63) is 83.8 Å². The minimum atomic E-state index is -0.389. The third-order valence-electron chi connectivity index (χ3n) is 4.15.